The molecule has 1 aliphatic rings. The molecule has 2 aromatic heterocycles. The van der Waals surface area contributed by atoms with Gasteiger partial charge in [0.25, 0.3) is 0 Å². The van der Waals surface area contributed by atoms with Gasteiger partial charge in [0.15, 0.2) is 5.65 Å². The molecule has 1 saturated carbocycles. The van der Waals surface area contributed by atoms with E-state index in [4.69, 9.17) is 5.73 Å². The summed E-state index contributed by atoms with van der Waals surface area (Å²) < 4.78 is 1.81. The van der Waals surface area contributed by atoms with E-state index >= 15 is 0 Å². The number of nitrogens with zero attached hydrogens (tertiary/aromatic N) is 3. The van der Waals surface area contributed by atoms with Gasteiger partial charge in [-0.25, -0.2) is 9.50 Å². The molecule has 24 heavy (non-hydrogen) atoms. The topological polar surface area (TPSA) is 80.3 Å². The first-order valence-electron chi connectivity index (χ1n) is 8.46. The van der Waals surface area contributed by atoms with Gasteiger partial charge in [0.2, 0.25) is 0 Å². The number of benzene rings is 1. The first-order valence-corrected chi connectivity index (χ1v) is 8.46. The molecule has 6 heteroatoms. The lowest BCUT2D eigenvalue weighted by Crippen LogP contribution is -2.33. The van der Waals surface area contributed by atoms with Gasteiger partial charge >= 0.3 is 0 Å². The highest BCUT2D eigenvalue weighted by atomic mass is 15.3. The van der Waals surface area contributed by atoms with E-state index in [0.29, 0.717) is 12.1 Å². The number of nitrogens with two attached hydrogens (primary N) is 1. The van der Waals surface area contributed by atoms with Crippen LogP contribution in [0.1, 0.15) is 25.7 Å². The molecule has 2 heterocycles. The first-order chi connectivity index (χ1) is 11.8. The summed E-state index contributed by atoms with van der Waals surface area (Å²) in [5, 5.41) is 11.6. The minimum absolute atomic E-state index is 0.349. The van der Waals surface area contributed by atoms with Crippen molar-refractivity contribution in [1.82, 2.24) is 14.6 Å². The van der Waals surface area contributed by atoms with E-state index < -0.39 is 0 Å². The molecule has 1 aliphatic carbocycles. The fraction of sp³-hybridized carbons (Fsp3) is 0.333. The largest absolute Gasteiger partial charge is 0.366 e. The number of anilines is 3. The predicted molar refractivity (Wildman–Crippen MR) is 96.6 cm³/mol. The lowest BCUT2D eigenvalue weighted by molar-refractivity contribution is 0.410. The molecule has 0 radical (unpaired) electrons. The van der Waals surface area contributed by atoms with Crippen molar-refractivity contribution in [3.05, 3.63) is 48.8 Å². The Hall–Kier alpha value is -2.60. The van der Waals surface area contributed by atoms with Crippen LogP contribution in [0.2, 0.25) is 0 Å². The Morgan fingerprint density at radius 3 is 2.67 bits per heavy atom. The highest BCUT2D eigenvalue weighted by Crippen LogP contribution is 2.25. The molecular weight excluding hydrogens is 300 g/mol. The van der Waals surface area contributed by atoms with Crippen LogP contribution in [0.25, 0.3) is 5.65 Å². The molecule has 0 atom stereocenters. The number of fused-ring (bicyclic) bond motifs is 1. The second-order valence-corrected chi connectivity index (χ2v) is 6.39. The van der Waals surface area contributed by atoms with Crippen molar-refractivity contribution in [1.29, 1.82) is 0 Å². The van der Waals surface area contributed by atoms with Gasteiger partial charge in [-0.3, -0.25) is 0 Å². The molecule has 0 amide bonds. The lowest BCUT2D eigenvalue weighted by Gasteiger charge is -2.27. The average molecular weight is 322 g/mol. The average Bonchev–Trinajstić information content (AvgIpc) is 3.07. The number of aromatic nitrogens is 3. The third-order valence-electron chi connectivity index (χ3n) is 4.54. The number of hydrogen-bond donors (Lipinski definition) is 3. The van der Waals surface area contributed by atoms with Crippen LogP contribution < -0.4 is 16.4 Å². The predicted octanol–water partition coefficient (Wildman–Crippen LogP) is 3.15. The molecule has 4 N–H and O–H groups in total. The molecule has 3 aromatic rings. The van der Waals surface area contributed by atoms with E-state index in [0.717, 1.165) is 48.5 Å². The maximum Gasteiger partial charge on any atom is 0.177 e. The molecule has 0 unspecified atom stereocenters. The van der Waals surface area contributed by atoms with Gasteiger partial charge < -0.3 is 16.4 Å². The van der Waals surface area contributed by atoms with E-state index in [9.17, 15) is 0 Å². The van der Waals surface area contributed by atoms with Gasteiger partial charge in [-0.05, 0) is 37.8 Å². The molecule has 0 spiro atoms. The number of nitrogens with one attached hydrogen (secondary N) is 2. The highest BCUT2D eigenvalue weighted by Gasteiger charge is 2.19. The van der Waals surface area contributed by atoms with Crippen LogP contribution in [0.3, 0.4) is 0 Å². The van der Waals surface area contributed by atoms with Gasteiger partial charge in [-0.1, -0.05) is 18.2 Å². The summed E-state index contributed by atoms with van der Waals surface area (Å²) in [6.45, 7) is 0. The van der Waals surface area contributed by atoms with Crippen molar-refractivity contribution < 1.29 is 0 Å². The summed E-state index contributed by atoms with van der Waals surface area (Å²) in [5.74, 6) is 0.861. The van der Waals surface area contributed by atoms with E-state index in [2.05, 4.69) is 20.7 Å². The molecule has 0 saturated heterocycles. The summed E-state index contributed by atoms with van der Waals surface area (Å²) in [4.78, 5) is 4.41. The van der Waals surface area contributed by atoms with E-state index in [1.54, 1.807) is 6.20 Å². The van der Waals surface area contributed by atoms with Crippen LogP contribution in [0, 0.1) is 0 Å². The zero-order chi connectivity index (χ0) is 16.4. The Morgan fingerprint density at radius 2 is 1.88 bits per heavy atom. The Morgan fingerprint density at radius 1 is 1.08 bits per heavy atom. The number of rotatable bonds is 4. The maximum atomic E-state index is 6.00. The van der Waals surface area contributed by atoms with E-state index in [-0.39, 0.29) is 0 Å². The summed E-state index contributed by atoms with van der Waals surface area (Å²) >= 11 is 0. The quantitative estimate of drug-likeness (QED) is 0.687. The fourth-order valence-corrected chi connectivity index (χ4v) is 3.23. The normalized spacial score (nSPS) is 20.9. The van der Waals surface area contributed by atoms with Crippen molar-refractivity contribution >= 4 is 22.8 Å². The smallest absolute Gasteiger partial charge is 0.177 e. The van der Waals surface area contributed by atoms with Gasteiger partial charge in [-0.15, -0.1) is 5.10 Å². The van der Waals surface area contributed by atoms with Gasteiger partial charge in [-0.2, -0.15) is 0 Å². The van der Waals surface area contributed by atoms with Gasteiger partial charge in [0.05, 0.1) is 5.69 Å². The molecule has 4 rings (SSSR count). The van der Waals surface area contributed by atoms with Crippen LogP contribution >= 0.6 is 0 Å². The van der Waals surface area contributed by atoms with Gasteiger partial charge in [0.1, 0.15) is 5.82 Å². The van der Waals surface area contributed by atoms with Crippen LogP contribution in [0.4, 0.5) is 17.2 Å². The number of hydrogen-bond acceptors (Lipinski definition) is 5. The van der Waals surface area contributed by atoms with Crippen molar-refractivity contribution in [2.45, 2.75) is 37.8 Å². The molecule has 1 aromatic carbocycles. The lowest BCUT2D eigenvalue weighted by atomic mass is 9.92. The standard InChI is InChI=1S/C18H22N6/c19-13-6-8-15(9-7-13)22-17-12-16(18-20-10-11-24(18)23-17)21-14-4-2-1-3-5-14/h1-5,10-13,15,21H,6-9,19H2,(H,22,23)/t13-,15-. The maximum absolute atomic E-state index is 6.00. The number of para-hydroxylation sites is 1. The van der Waals surface area contributed by atoms with Crippen molar-refractivity contribution in [2.75, 3.05) is 10.6 Å². The SMILES string of the molecule is N[C@H]1CC[C@H](Nc2cc(Nc3ccccc3)c3nccn3n2)CC1. The summed E-state index contributed by atoms with van der Waals surface area (Å²) in [6.07, 6.45) is 7.95. The van der Waals surface area contributed by atoms with Crippen LogP contribution in [-0.4, -0.2) is 26.7 Å². The van der Waals surface area contributed by atoms with Crippen molar-refractivity contribution in [3.8, 4) is 0 Å². The third kappa shape index (κ3) is 3.19. The Labute approximate surface area is 141 Å². The first kappa shape index (κ1) is 15.0. The zero-order valence-electron chi connectivity index (χ0n) is 13.5. The molecular formula is C18H22N6. The van der Waals surface area contributed by atoms with E-state index in [1.165, 1.54) is 0 Å². The second-order valence-electron chi connectivity index (χ2n) is 6.39. The van der Waals surface area contributed by atoms with E-state index in [1.807, 2.05) is 47.1 Å². The minimum atomic E-state index is 0.349. The van der Waals surface area contributed by atoms with Crippen LogP contribution in [-0.2, 0) is 0 Å². The molecule has 1 fully saturated rings. The second kappa shape index (κ2) is 6.49. The summed E-state index contributed by atoms with van der Waals surface area (Å²) in [5.41, 5.74) is 8.78. The Kier molecular flexibility index (Phi) is 4.04. The minimum Gasteiger partial charge on any atom is -0.366 e. The molecule has 0 bridgehead atoms. The summed E-state index contributed by atoms with van der Waals surface area (Å²) in [7, 11) is 0. The molecule has 6 nitrogen and oxygen atoms in total. The molecule has 0 aliphatic heterocycles. The Bertz CT molecular complexity index is 805. The highest BCUT2D eigenvalue weighted by molar-refractivity contribution is 5.75. The van der Waals surface area contributed by atoms with Crippen molar-refractivity contribution in [3.63, 3.8) is 0 Å². The van der Waals surface area contributed by atoms with Gasteiger partial charge in [0, 0.05) is 36.2 Å². The van der Waals surface area contributed by atoms with Crippen LogP contribution in [0.5, 0.6) is 0 Å². The summed E-state index contributed by atoms with van der Waals surface area (Å²) in [6, 6.07) is 12.9. The zero-order valence-corrected chi connectivity index (χ0v) is 13.5. The monoisotopic (exact) mass is 322 g/mol. The molecule has 124 valence electrons. The third-order valence-corrected chi connectivity index (χ3v) is 4.54. The number of imidazole rings is 1. The Balaban J connectivity index is 1.60. The fourth-order valence-electron chi connectivity index (χ4n) is 3.23. The van der Waals surface area contributed by atoms with Crippen molar-refractivity contribution in [2.24, 2.45) is 5.73 Å². The van der Waals surface area contributed by atoms with Crippen LogP contribution in [0.15, 0.2) is 48.8 Å².